The van der Waals surface area contributed by atoms with Gasteiger partial charge in [0.05, 0.1) is 18.7 Å². The summed E-state index contributed by atoms with van der Waals surface area (Å²) in [5.74, 6) is 0.519. The number of nitrogens with zero attached hydrogens (tertiary/aromatic N) is 1. The van der Waals surface area contributed by atoms with Gasteiger partial charge in [0.1, 0.15) is 11.5 Å². The molecule has 0 spiro atoms. The van der Waals surface area contributed by atoms with Crippen LogP contribution >= 0.6 is 0 Å². The van der Waals surface area contributed by atoms with Crippen LogP contribution in [0.15, 0.2) is 40.8 Å². The van der Waals surface area contributed by atoms with Crippen molar-refractivity contribution < 1.29 is 23.8 Å². The number of hydrogen-bond donors (Lipinski definition) is 2. The van der Waals surface area contributed by atoms with Gasteiger partial charge in [-0.2, -0.15) is 0 Å². The molecule has 25 heavy (non-hydrogen) atoms. The van der Waals surface area contributed by atoms with Gasteiger partial charge in [-0.05, 0) is 36.8 Å². The summed E-state index contributed by atoms with van der Waals surface area (Å²) >= 11 is 0. The highest BCUT2D eigenvalue weighted by Crippen LogP contribution is 2.10. The second kappa shape index (κ2) is 8.89. The van der Waals surface area contributed by atoms with Gasteiger partial charge in [0.25, 0.3) is 0 Å². The van der Waals surface area contributed by atoms with Gasteiger partial charge in [-0.15, -0.1) is 0 Å². The fourth-order valence-electron chi connectivity index (χ4n) is 2.27. The standard InChI is InChI=1S/C18H22N2O5/c1-13-3-8-16(25-13)12-20(9-10-24-2)18(23)19-11-14-4-6-15(7-5-14)17(21)22/h3-8H,9-12H2,1-2H3,(H,19,23)(H,21,22). The average molecular weight is 346 g/mol. The molecule has 0 aliphatic heterocycles. The molecule has 2 aromatic rings. The van der Waals surface area contributed by atoms with Crippen LogP contribution in [-0.4, -0.2) is 42.3 Å². The molecule has 0 atom stereocenters. The maximum absolute atomic E-state index is 12.4. The molecule has 2 N–H and O–H groups in total. The quantitative estimate of drug-likeness (QED) is 0.767. The summed E-state index contributed by atoms with van der Waals surface area (Å²) in [4.78, 5) is 24.9. The average Bonchev–Trinajstić information content (AvgIpc) is 3.01. The second-order valence-corrected chi connectivity index (χ2v) is 5.59. The maximum Gasteiger partial charge on any atom is 0.335 e. The molecule has 1 aromatic heterocycles. The Kier molecular flexibility index (Phi) is 6.59. The molecule has 2 rings (SSSR count). The summed E-state index contributed by atoms with van der Waals surface area (Å²) in [6, 6.07) is 9.83. The highest BCUT2D eigenvalue weighted by Gasteiger charge is 2.15. The number of aromatic carboxylic acids is 1. The molecule has 1 heterocycles. The summed E-state index contributed by atoms with van der Waals surface area (Å²) in [7, 11) is 1.58. The molecular weight excluding hydrogens is 324 g/mol. The summed E-state index contributed by atoms with van der Waals surface area (Å²) < 4.78 is 10.6. The second-order valence-electron chi connectivity index (χ2n) is 5.59. The third-order valence-electron chi connectivity index (χ3n) is 3.64. The zero-order valence-corrected chi connectivity index (χ0v) is 14.3. The van der Waals surface area contributed by atoms with Crippen molar-refractivity contribution in [2.75, 3.05) is 20.3 Å². The van der Waals surface area contributed by atoms with Gasteiger partial charge in [0, 0.05) is 20.2 Å². The zero-order valence-electron chi connectivity index (χ0n) is 14.3. The van der Waals surface area contributed by atoms with Crippen LogP contribution < -0.4 is 5.32 Å². The Morgan fingerprint density at radius 1 is 1.20 bits per heavy atom. The number of rotatable bonds is 8. The number of carbonyl (C=O) groups excluding carboxylic acids is 1. The predicted octanol–water partition coefficient (Wildman–Crippen LogP) is 2.64. The molecule has 7 nitrogen and oxygen atoms in total. The van der Waals surface area contributed by atoms with Gasteiger partial charge in [-0.1, -0.05) is 12.1 Å². The van der Waals surface area contributed by atoms with Crippen LogP contribution in [0.1, 0.15) is 27.4 Å². The summed E-state index contributed by atoms with van der Waals surface area (Å²) in [6.45, 7) is 3.35. The number of furan rings is 1. The number of carbonyl (C=O) groups is 2. The third-order valence-corrected chi connectivity index (χ3v) is 3.64. The van der Waals surface area contributed by atoms with Gasteiger partial charge in [-0.3, -0.25) is 0 Å². The van der Waals surface area contributed by atoms with E-state index in [9.17, 15) is 9.59 Å². The van der Waals surface area contributed by atoms with E-state index >= 15 is 0 Å². The monoisotopic (exact) mass is 346 g/mol. The number of carboxylic acids is 1. The number of carboxylic acid groups (broad SMARTS) is 1. The highest BCUT2D eigenvalue weighted by molar-refractivity contribution is 5.87. The Hall–Kier alpha value is -2.80. The number of ether oxygens (including phenoxy) is 1. The van der Waals surface area contributed by atoms with Crippen LogP contribution in [0.5, 0.6) is 0 Å². The fraction of sp³-hybridized carbons (Fsp3) is 0.333. The summed E-state index contributed by atoms with van der Waals surface area (Å²) in [6.07, 6.45) is 0. The number of amides is 2. The van der Waals surface area contributed by atoms with Crippen LogP contribution in [0.4, 0.5) is 4.79 Å². The molecule has 0 saturated heterocycles. The van der Waals surface area contributed by atoms with Crippen molar-refractivity contribution in [3.8, 4) is 0 Å². The van der Waals surface area contributed by atoms with Crippen molar-refractivity contribution in [1.82, 2.24) is 10.2 Å². The fourth-order valence-corrected chi connectivity index (χ4v) is 2.27. The molecule has 134 valence electrons. The molecule has 0 aliphatic rings. The van der Waals surface area contributed by atoms with Crippen molar-refractivity contribution in [1.29, 1.82) is 0 Å². The molecule has 7 heteroatoms. The van der Waals surface area contributed by atoms with Crippen LogP contribution in [0.3, 0.4) is 0 Å². The smallest absolute Gasteiger partial charge is 0.335 e. The normalized spacial score (nSPS) is 10.5. The number of nitrogens with one attached hydrogen (secondary N) is 1. The zero-order chi connectivity index (χ0) is 18.2. The first-order chi connectivity index (χ1) is 12.0. The Morgan fingerprint density at radius 2 is 1.92 bits per heavy atom. The van der Waals surface area contributed by atoms with Crippen molar-refractivity contribution >= 4 is 12.0 Å². The molecule has 2 amide bonds. The first-order valence-electron chi connectivity index (χ1n) is 7.89. The molecule has 0 saturated carbocycles. The Labute approximate surface area is 146 Å². The maximum atomic E-state index is 12.4. The SMILES string of the molecule is COCCN(Cc1ccc(C)o1)C(=O)NCc1ccc(C(=O)O)cc1. The highest BCUT2D eigenvalue weighted by atomic mass is 16.5. The molecule has 0 unspecified atom stereocenters. The topological polar surface area (TPSA) is 92.0 Å². The van der Waals surface area contributed by atoms with Crippen LogP contribution in [0.25, 0.3) is 0 Å². The molecule has 0 bridgehead atoms. The predicted molar refractivity (Wildman–Crippen MR) is 91.4 cm³/mol. The largest absolute Gasteiger partial charge is 0.478 e. The van der Waals surface area contributed by atoms with Crippen molar-refractivity contribution in [2.24, 2.45) is 0 Å². The van der Waals surface area contributed by atoms with E-state index in [1.807, 2.05) is 19.1 Å². The molecule has 0 radical (unpaired) electrons. The van der Waals surface area contributed by atoms with Crippen molar-refractivity contribution in [3.63, 3.8) is 0 Å². The number of benzene rings is 1. The Balaban J connectivity index is 1.94. The van der Waals surface area contributed by atoms with E-state index in [2.05, 4.69) is 5.32 Å². The minimum Gasteiger partial charge on any atom is -0.478 e. The van der Waals surface area contributed by atoms with E-state index in [1.165, 1.54) is 12.1 Å². The number of aryl methyl sites for hydroxylation is 1. The summed E-state index contributed by atoms with van der Waals surface area (Å²) in [5.41, 5.74) is 1.03. The van der Waals surface area contributed by atoms with E-state index in [1.54, 1.807) is 24.1 Å². The molecule has 1 aromatic carbocycles. The van der Waals surface area contributed by atoms with E-state index in [-0.39, 0.29) is 11.6 Å². The molecule has 0 aliphatic carbocycles. The third kappa shape index (κ3) is 5.65. The number of hydrogen-bond acceptors (Lipinski definition) is 4. The van der Waals surface area contributed by atoms with Gasteiger partial charge in [-0.25, -0.2) is 9.59 Å². The molecule has 0 fully saturated rings. The Morgan fingerprint density at radius 3 is 2.48 bits per heavy atom. The lowest BCUT2D eigenvalue weighted by molar-refractivity contribution is 0.0697. The minimum atomic E-state index is -0.977. The number of methoxy groups -OCH3 is 1. The van der Waals surface area contributed by atoms with Crippen LogP contribution in [0.2, 0.25) is 0 Å². The van der Waals surface area contributed by atoms with Crippen molar-refractivity contribution in [3.05, 3.63) is 59.0 Å². The first kappa shape index (κ1) is 18.5. The lowest BCUT2D eigenvalue weighted by Gasteiger charge is -2.22. The summed E-state index contributed by atoms with van der Waals surface area (Å²) in [5, 5.41) is 11.7. The number of urea groups is 1. The minimum absolute atomic E-state index is 0.213. The molecular formula is C18H22N2O5. The van der Waals surface area contributed by atoms with E-state index in [4.69, 9.17) is 14.3 Å². The lowest BCUT2D eigenvalue weighted by atomic mass is 10.1. The van der Waals surface area contributed by atoms with Gasteiger partial charge in [0.15, 0.2) is 0 Å². The van der Waals surface area contributed by atoms with E-state index in [0.29, 0.717) is 32.0 Å². The van der Waals surface area contributed by atoms with Crippen LogP contribution in [-0.2, 0) is 17.8 Å². The Bertz CT molecular complexity index is 709. The van der Waals surface area contributed by atoms with Gasteiger partial charge < -0.3 is 24.5 Å². The van der Waals surface area contributed by atoms with E-state index in [0.717, 1.165) is 11.3 Å². The lowest BCUT2D eigenvalue weighted by Crippen LogP contribution is -2.40. The van der Waals surface area contributed by atoms with Crippen molar-refractivity contribution in [2.45, 2.75) is 20.0 Å². The first-order valence-corrected chi connectivity index (χ1v) is 7.89. The van der Waals surface area contributed by atoms with Gasteiger partial charge >= 0.3 is 12.0 Å². The van der Waals surface area contributed by atoms with Crippen LogP contribution in [0, 0.1) is 6.92 Å². The van der Waals surface area contributed by atoms with E-state index < -0.39 is 5.97 Å². The van der Waals surface area contributed by atoms with Gasteiger partial charge in [0.2, 0.25) is 0 Å².